The highest BCUT2D eigenvalue weighted by Crippen LogP contribution is 2.28. The number of aliphatic hydroxyl groups is 1. The van der Waals surface area contributed by atoms with E-state index < -0.39 is 6.10 Å². The summed E-state index contributed by atoms with van der Waals surface area (Å²) in [5, 5.41) is 18.9. The van der Waals surface area contributed by atoms with Gasteiger partial charge in [0, 0.05) is 18.7 Å². The first kappa shape index (κ1) is 14.1. The van der Waals surface area contributed by atoms with Crippen molar-refractivity contribution in [3.05, 3.63) is 28.5 Å². The van der Waals surface area contributed by atoms with Crippen LogP contribution in [0.3, 0.4) is 0 Å². The highest BCUT2D eigenvalue weighted by Gasteiger charge is 2.20. The predicted molar refractivity (Wildman–Crippen MR) is 75.3 cm³/mol. The van der Waals surface area contributed by atoms with E-state index in [-0.39, 0.29) is 5.92 Å². The van der Waals surface area contributed by atoms with E-state index >= 15 is 0 Å². The molecule has 5 nitrogen and oxygen atoms in total. The molecule has 0 amide bonds. The van der Waals surface area contributed by atoms with Gasteiger partial charge < -0.3 is 5.11 Å². The molecule has 0 spiro atoms. The van der Waals surface area contributed by atoms with Gasteiger partial charge in [0.2, 0.25) is 0 Å². The van der Waals surface area contributed by atoms with Crippen molar-refractivity contribution in [3.63, 3.8) is 0 Å². The molecule has 2 rings (SSSR count). The van der Waals surface area contributed by atoms with E-state index in [4.69, 9.17) is 0 Å². The summed E-state index contributed by atoms with van der Waals surface area (Å²) in [6.45, 7) is 8.27. The van der Waals surface area contributed by atoms with Crippen LogP contribution < -0.4 is 0 Å². The number of aromatic nitrogens is 4. The van der Waals surface area contributed by atoms with Crippen LogP contribution in [-0.2, 0) is 6.42 Å². The highest BCUT2D eigenvalue weighted by molar-refractivity contribution is 7.05. The Morgan fingerprint density at radius 3 is 2.63 bits per heavy atom. The number of aliphatic hydroxyl groups excluding tert-OH is 1. The molecule has 6 heteroatoms. The number of hydrogen-bond donors (Lipinski definition) is 1. The van der Waals surface area contributed by atoms with Gasteiger partial charge in [-0.3, -0.25) is 4.68 Å². The Labute approximate surface area is 117 Å². The summed E-state index contributed by atoms with van der Waals surface area (Å²) in [5.74, 6) is 0.275. The summed E-state index contributed by atoms with van der Waals surface area (Å²) in [7, 11) is 0. The van der Waals surface area contributed by atoms with E-state index in [1.165, 1.54) is 11.5 Å². The monoisotopic (exact) mass is 280 g/mol. The van der Waals surface area contributed by atoms with E-state index in [1.54, 1.807) is 0 Å². The van der Waals surface area contributed by atoms with Gasteiger partial charge in [-0.1, -0.05) is 18.3 Å². The molecule has 1 N–H and O–H groups in total. The molecule has 0 saturated heterocycles. The van der Waals surface area contributed by atoms with Crippen LogP contribution in [-0.4, -0.2) is 24.5 Å². The van der Waals surface area contributed by atoms with Gasteiger partial charge in [0.15, 0.2) is 0 Å². The number of nitrogens with zero attached hydrogens (tertiary/aromatic N) is 4. The molecule has 19 heavy (non-hydrogen) atoms. The third kappa shape index (κ3) is 3.19. The van der Waals surface area contributed by atoms with Crippen molar-refractivity contribution in [1.82, 2.24) is 19.4 Å². The molecule has 0 bridgehead atoms. The molecule has 0 radical (unpaired) electrons. The number of rotatable bonds is 5. The molecular weight excluding hydrogens is 260 g/mol. The molecular formula is C13H20N4OS. The zero-order chi connectivity index (χ0) is 14.0. The van der Waals surface area contributed by atoms with E-state index in [1.807, 2.05) is 16.9 Å². The first-order valence-corrected chi connectivity index (χ1v) is 7.30. The zero-order valence-electron chi connectivity index (χ0n) is 11.7. The van der Waals surface area contributed by atoms with Gasteiger partial charge in [-0.25, -0.2) is 0 Å². The molecule has 0 saturated carbocycles. The van der Waals surface area contributed by atoms with E-state index in [0.29, 0.717) is 12.5 Å². The smallest absolute Gasteiger partial charge is 0.0973 e. The van der Waals surface area contributed by atoms with Crippen molar-refractivity contribution in [2.75, 3.05) is 0 Å². The molecule has 0 fully saturated rings. The standard InChI is InChI=1S/C13H20N4OS/c1-8(2)12-13(19-16-14-12)11(18)7-10-5-6-17(15-10)9(3)4/h5-6,8-9,11,18H,7H2,1-4H3. The predicted octanol–water partition coefficient (Wildman–Crippen LogP) is 2.72. The zero-order valence-corrected chi connectivity index (χ0v) is 12.6. The molecule has 0 aromatic carbocycles. The Balaban J connectivity index is 2.11. The fraction of sp³-hybridized carbons (Fsp3) is 0.615. The summed E-state index contributed by atoms with van der Waals surface area (Å²) >= 11 is 1.27. The summed E-state index contributed by atoms with van der Waals surface area (Å²) in [6, 6.07) is 2.29. The van der Waals surface area contributed by atoms with Gasteiger partial charge in [-0.05, 0) is 37.4 Å². The van der Waals surface area contributed by atoms with E-state index in [9.17, 15) is 5.11 Å². The molecule has 2 aromatic heterocycles. The van der Waals surface area contributed by atoms with E-state index in [2.05, 4.69) is 42.4 Å². The van der Waals surface area contributed by atoms with Gasteiger partial charge in [-0.15, -0.1) is 5.10 Å². The van der Waals surface area contributed by atoms with Gasteiger partial charge in [0.1, 0.15) is 0 Å². The van der Waals surface area contributed by atoms with Crippen molar-refractivity contribution in [3.8, 4) is 0 Å². The second kappa shape index (κ2) is 5.79. The minimum absolute atomic E-state index is 0.275. The molecule has 2 aromatic rings. The molecule has 0 aliphatic heterocycles. The Kier molecular flexibility index (Phi) is 4.31. The lowest BCUT2D eigenvalue weighted by Crippen LogP contribution is -2.06. The average Bonchev–Trinajstić information content (AvgIpc) is 2.96. The summed E-state index contributed by atoms with van der Waals surface area (Å²) in [4.78, 5) is 0.856. The first-order valence-electron chi connectivity index (χ1n) is 6.53. The Morgan fingerprint density at radius 1 is 1.32 bits per heavy atom. The van der Waals surface area contributed by atoms with Crippen LogP contribution in [0.4, 0.5) is 0 Å². The largest absolute Gasteiger partial charge is 0.387 e. The fourth-order valence-electron chi connectivity index (χ4n) is 1.90. The lowest BCUT2D eigenvalue weighted by atomic mass is 10.1. The molecule has 2 heterocycles. The molecule has 0 aliphatic carbocycles. The molecule has 104 valence electrons. The lowest BCUT2D eigenvalue weighted by molar-refractivity contribution is 0.179. The quantitative estimate of drug-likeness (QED) is 0.914. The second-order valence-electron chi connectivity index (χ2n) is 5.28. The van der Waals surface area contributed by atoms with Crippen LogP contribution in [0.1, 0.15) is 62.0 Å². The van der Waals surface area contributed by atoms with Crippen molar-refractivity contribution in [2.24, 2.45) is 0 Å². The molecule has 1 unspecified atom stereocenters. The average molecular weight is 280 g/mol. The summed E-state index contributed by atoms with van der Waals surface area (Å²) in [5.41, 5.74) is 1.78. The topological polar surface area (TPSA) is 63.8 Å². The van der Waals surface area contributed by atoms with Gasteiger partial charge in [-0.2, -0.15) is 5.10 Å². The molecule has 0 aliphatic rings. The maximum Gasteiger partial charge on any atom is 0.0973 e. The van der Waals surface area contributed by atoms with Crippen LogP contribution in [0.15, 0.2) is 12.3 Å². The van der Waals surface area contributed by atoms with Crippen molar-refractivity contribution in [2.45, 2.75) is 52.2 Å². The first-order chi connectivity index (χ1) is 8.99. The van der Waals surface area contributed by atoms with Crippen LogP contribution in [0.5, 0.6) is 0 Å². The maximum atomic E-state index is 10.3. The van der Waals surface area contributed by atoms with Gasteiger partial charge in [0.05, 0.1) is 22.4 Å². The van der Waals surface area contributed by atoms with Gasteiger partial charge >= 0.3 is 0 Å². The SMILES string of the molecule is CC(C)c1nnsc1C(O)Cc1ccn(C(C)C)n1. The van der Waals surface area contributed by atoms with Crippen LogP contribution in [0.25, 0.3) is 0 Å². The lowest BCUT2D eigenvalue weighted by Gasteiger charge is -2.10. The number of hydrogen-bond acceptors (Lipinski definition) is 5. The Hall–Kier alpha value is -1.27. The van der Waals surface area contributed by atoms with Crippen molar-refractivity contribution >= 4 is 11.5 Å². The van der Waals surface area contributed by atoms with Gasteiger partial charge in [0.25, 0.3) is 0 Å². The Bertz CT molecular complexity index is 532. The van der Waals surface area contributed by atoms with Crippen molar-refractivity contribution < 1.29 is 5.11 Å². The Morgan fingerprint density at radius 2 is 2.05 bits per heavy atom. The summed E-state index contributed by atoms with van der Waals surface area (Å²) < 4.78 is 5.84. The maximum absolute atomic E-state index is 10.3. The van der Waals surface area contributed by atoms with Crippen LogP contribution >= 0.6 is 11.5 Å². The third-order valence-electron chi connectivity index (χ3n) is 2.98. The summed E-state index contributed by atoms with van der Waals surface area (Å²) in [6.07, 6.45) is 1.87. The third-order valence-corrected chi connectivity index (χ3v) is 3.83. The highest BCUT2D eigenvalue weighted by atomic mass is 32.1. The minimum atomic E-state index is -0.576. The van der Waals surface area contributed by atoms with Crippen LogP contribution in [0.2, 0.25) is 0 Å². The van der Waals surface area contributed by atoms with E-state index in [0.717, 1.165) is 16.3 Å². The minimum Gasteiger partial charge on any atom is -0.387 e. The fourth-order valence-corrected chi connectivity index (χ4v) is 2.69. The molecule has 1 atom stereocenters. The normalized spacial score (nSPS) is 13.4. The second-order valence-corrected chi connectivity index (χ2v) is 6.06. The van der Waals surface area contributed by atoms with Crippen LogP contribution in [0, 0.1) is 0 Å². The van der Waals surface area contributed by atoms with Crippen molar-refractivity contribution in [1.29, 1.82) is 0 Å².